The van der Waals surface area contributed by atoms with E-state index in [1.165, 1.54) is 7.11 Å². The molecular weight excluding hydrogens is 338 g/mol. The van der Waals surface area contributed by atoms with Crippen LogP contribution >= 0.6 is 0 Å². The number of nitrogens with zero attached hydrogens (tertiary/aromatic N) is 2. The van der Waals surface area contributed by atoms with E-state index in [0.29, 0.717) is 17.0 Å². The standard InChI is InChI=1S/C17H17N5O4/c1-25-17(24)12-4-2-5-13(8-12)19-16(23)10-26-15-7-3-6-14(9-15)22-11-18-20-21-22/h2-9,11,20-21H,10H2,1H3,(H,19,23)/p+1. The molecule has 9 nitrogen and oxygen atoms in total. The van der Waals surface area contributed by atoms with Crippen LogP contribution in [0.5, 0.6) is 5.75 Å². The van der Waals surface area contributed by atoms with Gasteiger partial charge in [0, 0.05) is 11.8 Å². The fourth-order valence-corrected chi connectivity index (χ4v) is 2.29. The van der Waals surface area contributed by atoms with Crippen LogP contribution in [0, 0.1) is 0 Å². The second-order valence-electron chi connectivity index (χ2n) is 5.32. The van der Waals surface area contributed by atoms with Crippen LogP contribution in [0.25, 0.3) is 0 Å². The average Bonchev–Trinajstić information content (AvgIpc) is 3.21. The number of hydrogen-bond acceptors (Lipinski definition) is 7. The molecule has 26 heavy (non-hydrogen) atoms. The second-order valence-corrected chi connectivity index (χ2v) is 5.32. The number of anilines is 2. The number of carbonyl (C=O) groups excluding carboxylic acids is 2. The SMILES string of the molecule is COC(=O)c1cccc(NC(=O)COc2cccc(N3C=NN[NH2+]3)c2)c1. The molecular formula is C17H18N5O4+. The summed E-state index contributed by atoms with van der Waals surface area (Å²) in [5.41, 5.74) is 6.11. The van der Waals surface area contributed by atoms with Crippen LogP contribution in [0.4, 0.5) is 11.4 Å². The van der Waals surface area contributed by atoms with Gasteiger partial charge in [-0.05, 0) is 30.3 Å². The summed E-state index contributed by atoms with van der Waals surface area (Å²) < 4.78 is 10.2. The van der Waals surface area contributed by atoms with Gasteiger partial charge in [-0.3, -0.25) is 4.79 Å². The van der Waals surface area contributed by atoms with Gasteiger partial charge in [0.2, 0.25) is 0 Å². The van der Waals surface area contributed by atoms with Gasteiger partial charge in [-0.25, -0.2) is 4.79 Å². The summed E-state index contributed by atoms with van der Waals surface area (Å²) >= 11 is 0. The fourth-order valence-electron chi connectivity index (χ4n) is 2.29. The molecule has 0 bridgehead atoms. The van der Waals surface area contributed by atoms with Gasteiger partial charge < -0.3 is 14.8 Å². The third kappa shape index (κ3) is 4.28. The number of benzene rings is 2. The average molecular weight is 356 g/mol. The van der Waals surface area contributed by atoms with Gasteiger partial charge in [0.25, 0.3) is 5.91 Å². The summed E-state index contributed by atoms with van der Waals surface area (Å²) in [5, 5.41) is 8.34. The van der Waals surface area contributed by atoms with Crippen molar-refractivity contribution in [1.82, 2.24) is 5.53 Å². The highest BCUT2D eigenvalue weighted by Gasteiger charge is 2.13. The summed E-state index contributed by atoms with van der Waals surface area (Å²) in [6.45, 7) is -0.165. The Bertz CT molecular complexity index is 839. The van der Waals surface area contributed by atoms with Crippen LogP contribution in [0.15, 0.2) is 53.6 Å². The van der Waals surface area contributed by atoms with Gasteiger partial charge in [0.05, 0.1) is 12.7 Å². The Balaban J connectivity index is 1.57. The van der Waals surface area contributed by atoms with Crippen molar-refractivity contribution in [3.05, 3.63) is 54.1 Å². The monoisotopic (exact) mass is 356 g/mol. The minimum atomic E-state index is -0.467. The van der Waals surface area contributed by atoms with Crippen molar-refractivity contribution in [3.8, 4) is 5.75 Å². The molecule has 1 amide bonds. The van der Waals surface area contributed by atoms with Gasteiger partial charge in [-0.15, -0.1) is 16.2 Å². The molecule has 0 saturated heterocycles. The van der Waals surface area contributed by atoms with Gasteiger partial charge in [-0.2, -0.15) is 5.01 Å². The summed E-state index contributed by atoms with van der Waals surface area (Å²) in [6, 6.07) is 13.8. The van der Waals surface area contributed by atoms with Crippen molar-refractivity contribution in [3.63, 3.8) is 0 Å². The minimum Gasteiger partial charge on any atom is -0.484 e. The number of methoxy groups -OCH3 is 1. The van der Waals surface area contributed by atoms with Crippen LogP contribution in [-0.4, -0.2) is 31.9 Å². The maximum atomic E-state index is 12.1. The van der Waals surface area contributed by atoms with E-state index < -0.39 is 5.97 Å². The fraction of sp³-hybridized carbons (Fsp3) is 0.118. The highest BCUT2D eigenvalue weighted by Crippen LogP contribution is 2.19. The third-order valence-corrected chi connectivity index (χ3v) is 3.51. The quantitative estimate of drug-likeness (QED) is 0.505. The first kappa shape index (κ1) is 17.2. The summed E-state index contributed by atoms with van der Waals surface area (Å²) in [4.78, 5) is 23.6. The van der Waals surface area contributed by atoms with Crippen molar-refractivity contribution in [1.29, 1.82) is 0 Å². The summed E-state index contributed by atoms with van der Waals surface area (Å²) in [5.74, 6) is -0.256. The van der Waals surface area contributed by atoms with E-state index in [4.69, 9.17) is 4.74 Å². The van der Waals surface area contributed by atoms with Crippen molar-refractivity contribution in [2.75, 3.05) is 24.0 Å². The molecule has 1 aliphatic rings. The van der Waals surface area contributed by atoms with Crippen molar-refractivity contribution >= 4 is 29.6 Å². The summed E-state index contributed by atoms with van der Waals surface area (Å²) in [7, 11) is 1.30. The van der Waals surface area contributed by atoms with Crippen LogP contribution < -0.4 is 26.1 Å². The lowest BCUT2D eigenvalue weighted by molar-refractivity contribution is -0.703. The number of carbonyl (C=O) groups is 2. The maximum absolute atomic E-state index is 12.1. The zero-order valence-electron chi connectivity index (χ0n) is 14.0. The molecule has 0 fully saturated rings. The Morgan fingerprint density at radius 3 is 2.85 bits per heavy atom. The second kappa shape index (κ2) is 7.99. The Hall–Kier alpha value is -3.59. The lowest BCUT2D eigenvalue weighted by Crippen LogP contribution is -2.97. The molecule has 0 unspecified atom stereocenters. The van der Waals surface area contributed by atoms with Gasteiger partial charge >= 0.3 is 5.97 Å². The largest absolute Gasteiger partial charge is 0.484 e. The topological polar surface area (TPSA) is 109 Å². The van der Waals surface area contributed by atoms with Crippen molar-refractivity contribution < 1.29 is 24.6 Å². The first-order valence-corrected chi connectivity index (χ1v) is 7.77. The summed E-state index contributed by atoms with van der Waals surface area (Å²) in [6.07, 6.45) is 1.63. The van der Waals surface area contributed by atoms with Gasteiger partial charge in [0.1, 0.15) is 11.4 Å². The van der Waals surface area contributed by atoms with E-state index in [0.717, 1.165) is 5.69 Å². The van der Waals surface area contributed by atoms with E-state index in [1.54, 1.807) is 53.3 Å². The molecule has 1 heterocycles. The van der Waals surface area contributed by atoms with E-state index in [-0.39, 0.29) is 12.5 Å². The van der Waals surface area contributed by atoms with Crippen LogP contribution in [0.2, 0.25) is 0 Å². The number of quaternary nitrogens is 1. The normalized spacial score (nSPS) is 12.4. The van der Waals surface area contributed by atoms with Crippen LogP contribution in [0.3, 0.4) is 0 Å². The maximum Gasteiger partial charge on any atom is 0.337 e. The van der Waals surface area contributed by atoms with Crippen molar-refractivity contribution in [2.45, 2.75) is 0 Å². The first-order chi connectivity index (χ1) is 12.7. The van der Waals surface area contributed by atoms with E-state index in [9.17, 15) is 9.59 Å². The number of nitrogens with one attached hydrogen (secondary N) is 2. The minimum absolute atomic E-state index is 0.165. The number of esters is 1. The molecule has 0 atom stereocenters. The highest BCUT2D eigenvalue weighted by molar-refractivity contribution is 5.95. The molecule has 2 aromatic carbocycles. The molecule has 4 N–H and O–H groups in total. The van der Waals surface area contributed by atoms with Gasteiger partial charge in [0.15, 0.2) is 12.9 Å². The molecule has 134 valence electrons. The molecule has 0 spiro atoms. The number of hydrazone groups is 1. The number of amides is 1. The lowest BCUT2D eigenvalue weighted by atomic mass is 10.2. The molecule has 0 saturated carbocycles. The zero-order valence-corrected chi connectivity index (χ0v) is 14.0. The van der Waals surface area contributed by atoms with Gasteiger partial charge in [-0.1, -0.05) is 12.1 Å². The number of rotatable bonds is 6. The molecule has 0 radical (unpaired) electrons. The number of nitrogens with two attached hydrogens (primary N) is 1. The van der Waals surface area contributed by atoms with Crippen LogP contribution in [-0.2, 0) is 9.53 Å². The Morgan fingerprint density at radius 1 is 1.23 bits per heavy atom. The Labute approximate surface area is 149 Å². The lowest BCUT2D eigenvalue weighted by Gasteiger charge is -2.12. The first-order valence-electron chi connectivity index (χ1n) is 7.77. The smallest absolute Gasteiger partial charge is 0.337 e. The van der Waals surface area contributed by atoms with E-state index in [2.05, 4.69) is 20.7 Å². The predicted molar refractivity (Wildman–Crippen MR) is 94.4 cm³/mol. The molecule has 0 aliphatic carbocycles. The zero-order chi connectivity index (χ0) is 18.4. The molecule has 3 rings (SSSR count). The van der Waals surface area contributed by atoms with E-state index in [1.807, 2.05) is 12.1 Å². The Kier molecular flexibility index (Phi) is 5.30. The third-order valence-electron chi connectivity index (χ3n) is 3.51. The van der Waals surface area contributed by atoms with Crippen LogP contribution in [0.1, 0.15) is 10.4 Å². The molecule has 2 aromatic rings. The molecule has 1 aliphatic heterocycles. The van der Waals surface area contributed by atoms with E-state index >= 15 is 0 Å². The number of hydrogen-bond donors (Lipinski definition) is 3. The molecule has 9 heteroatoms. The Morgan fingerprint density at radius 2 is 2.08 bits per heavy atom. The highest BCUT2D eigenvalue weighted by atomic mass is 16.5. The van der Waals surface area contributed by atoms with Crippen molar-refractivity contribution in [2.24, 2.45) is 5.10 Å². The number of ether oxygens (including phenoxy) is 2. The molecule has 0 aromatic heterocycles. The predicted octanol–water partition coefficient (Wildman–Crippen LogP) is 0.237.